The fraction of sp³-hybridized carbons (Fsp3) is 0.562. The smallest absolute Gasteiger partial charge is 0.229 e. The average molecular weight is 313 g/mol. The van der Waals surface area contributed by atoms with Crippen molar-refractivity contribution in [3.63, 3.8) is 0 Å². The third-order valence-electron chi connectivity index (χ3n) is 4.07. The molecule has 1 amide bonds. The number of benzene rings is 1. The van der Waals surface area contributed by atoms with Crippen LogP contribution in [0.5, 0.6) is 5.75 Å². The van der Waals surface area contributed by atoms with Crippen molar-refractivity contribution < 1.29 is 9.53 Å². The van der Waals surface area contributed by atoms with Crippen LogP contribution in [0, 0.1) is 5.41 Å². The second kappa shape index (κ2) is 8.25. The van der Waals surface area contributed by atoms with E-state index in [1.165, 1.54) is 0 Å². The molecule has 1 rings (SSSR count). The molecule has 0 saturated carbocycles. The summed E-state index contributed by atoms with van der Waals surface area (Å²) in [6.45, 7) is 5.28. The molecule has 0 spiro atoms. The Morgan fingerprint density at radius 3 is 2.48 bits per heavy atom. The minimum atomic E-state index is -0.459. The lowest BCUT2D eigenvalue weighted by Crippen LogP contribution is -2.47. The molecule has 118 valence electrons. The van der Waals surface area contributed by atoms with E-state index in [0.29, 0.717) is 30.5 Å². The quantitative estimate of drug-likeness (QED) is 0.803. The van der Waals surface area contributed by atoms with Gasteiger partial charge in [-0.15, -0.1) is 0 Å². The molecule has 0 fully saturated rings. The third kappa shape index (κ3) is 4.35. The second-order valence-corrected chi connectivity index (χ2v) is 5.60. The molecule has 21 heavy (non-hydrogen) atoms. The minimum absolute atomic E-state index is 0.0813. The molecule has 0 atom stereocenters. The predicted molar refractivity (Wildman–Crippen MR) is 86.7 cm³/mol. The Labute approximate surface area is 132 Å². The molecule has 0 heterocycles. The van der Waals surface area contributed by atoms with Crippen molar-refractivity contribution in [2.45, 2.75) is 26.7 Å². The van der Waals surface area contributed by atoms with Crippen molar-refractivity contribution in [1.29, 1.82) is 0 Å². The summed E-state index contributed by atoms with van der Waals surface area (Å²) < 4.78 is 5.61. The number of ether oxygens (including phenoxy) is 1. The molecule has 1 aromatic carbocycles. The Morgan fingerprint density at radius 2 is 1.95 bits per heavy atom. The van der Waals surface area contributed by atoms with E-state index >= 15 is 0 Å². The van der Waals surface area contributed by atoms with Crippen LogP contribution in [-0.4, -0.2) is 37.6 Å². The molecule has 5 heteroatoms. The van der Waals surface area contributed by atoms with Gasteiger partial charge in [-0.05, 0) is 25.0 Å². The summed E-state index contributed by atoms with van der Waals surface area (Å²) >= 11 is 6.02. The van der Waals surface area contributed by atoms with Crippen LogP contribution in [0.1, 0.15) is 26.7 Å². The first-order valence-corrected chi connectivity index (χ1v) is 7.71. The highest BCUT2D eigenvalue weighted by molar-refractivity contribution is 6.32. The van der Waals surface area contributed by atoms with E-state index in [2.05, 4.69) is 0 Å². The maximum atomic E-state index is 12.5. The van der Waals surface area contributed by atoms with E-state index in [1.807, 2.05) is 32.0 Å². The molecular weight excluding hydrogens is 288 g/mol. The normalized spacial score (nSPS) is 11.3. The SMILES string of the molecule is CCC(CC)(CN)C(=O)N(C)CCOc1ccccc1Cl. The van der Waals surface area contributed by atoms with Gasteiger partial charge in [-0.2, -0.15) is 0 Å². The van der Waals surface area contributed by atoms with Gasteiger partial charge in [0.1, 0.15) is 12.4 Å². The Morgan fingerprint density at radius 1 is 1.33 bits per heavy atom. The maximum Gasteiger partial charge on any atom is 0.229 e. The number of para-hydroxylation sites is 1. The number of likely N-dealkylation sites (N-methyl/N-ethyl adjacent to an activating group) is 1. The molecular formula is C16H25ClN2O2. The number of carbonyl (C=O) groups is 1. The molecule has 0 aliphatic carbocycles. The minimum Gasteiger partial charge on any atom is -0.490 e. The van der Waals surface area contributed by atoms with Crippen molar-refractivity contribution in [3.8, 4) is 5.75 Å². The van der Waals surface area contributed by atoms with E-state index in [0.717, 1.165) is 12.8 Å². The zero-order valence-electron chi connectivity index (χ0n) is 13.1. The van der Waals surface area contributed by atoms with Gasteiger partial charge in [0, 0.05) is 13.6 Å². The average Bonchev–Trinajstić information content (AvgIpc) is 2.51. The van der Waals surface area contributed by atoms with Crippen molar-refractivity contribution in [3.05, 3.63) is 29.3 Å². The van der Waals surface area contributed by atoms with Crippen LogP contribution in [0.15, 0.2) is 24.3 Å². The molecule has 0 aliphatic rings. The third-order valence-corrected chi connectivity index (χ3v) is 4.38. The molecule has 0 aromatic heterocycles. The van der Waals surface area contributed by atoms with E-state index in [-0.39, 0.29) is 5.91 Å². The second-order valence-electron chi connectivity index (χ2n) is 5.20. The Kier molecular flexibility index (Phi) is 6.99. The number of amides is 1. The molecule has 1 aromatic rings. The lowest BCUT2D eigenvalue weighted by Gasteiger charge is -2.33. The number of hydrogen-bond acceptors (Lipinski definition) is 3. The summed E-state index contributed by atoms with van der Waals surface area (Å²) in [5.74, 6) is 0.717. The number of carbonyl (C=O) groups excluding carboxylic acids is 1. The summed E-state index contributed by atoms with van der Waals surface area (Å²) in [5.41, 5.74) is 5.35. The lowest BCUT2D eigenvalue weighted by molar-refractivity contribution is -0.141. The van der Waals surface area contributed by atoms with Crippen molar-refractivity contribution in [1.82, 2.24) is 4.90 Å². The fourth-order valence-corrected chi connectivity index (χ4v) is 2.48. The topological polar surface area (TPSA) is 55.6 Å². The van der Waals surface area contributed by atoms with Gasteiger partial charge in [0.15, 0.2) is 0 Å². The van der Waals surface area contributed by atoms with Gasteiger partial charge in [-0.1, -0.05) is 37.6 Å². The van der Waals surface area contributed by atoms with Gasteiger partial charge in [-0.25, -0.2) is 0 Å². The first-order chi connectivity index (χ1) is 10.0. The fourth-order valence-electron chi connectivity index (χ4n) is 2.29. The molecule has 0 bridgehead atoms. The van der Waals surface area contributed by atoms with Crippen molar-refractivity contribution in [2.24, 2.45) is 11.1 Å². The van der Waals surface area contributed by atoms with E-state index < -0.39 is 5.41 Å². The highest BCUT2D eigenvalue weighted by Crippen LogP contribution is 2.27. The van der Waals surface area contributed by atoms with Gasteiger partial charge in [0.2, 0.25) is 5.91 Å². The van der Waals surface area contributed by atoms with Crippen molar-refractivity contribution >= 4 is 17.5 Å². The van der Waals surface area contributed by atoms with Crippen LogP contribution in [0.4, 0.5) is 0 Å². The zero-order valence-corrected chi connectivity index (χ0v) is 13.8. The summed E-state index contributed by atoms with van der Waals surface area (Å²) in [6.07, 6.45) is 1.49. The molecule has 4 nitrogen and oxygen atoms in total. The van der Waals surface area contributed by atoms with Crippen LogP contribution in [0.2, 0.25) is 5.02 Å². The largest absolute Gasteiger partial charge is 0.490 e. The van der Waals surface area contributed by atoms with Crippen LogP contribution in [0.25, 0.3) is 0 Å². The van der Waals surface area contributed by atoms with Gasteiger partial charge in [0.05, 0.1) is 17.0 Å². The standard InChI is InChI=1S/C16H25ClN2O2/c1-4-16(5-2,12-18)15(20)19(3)10-11-21-14-9-7-6-8-13(14)17/h6-9H,4-5,10-12,18H2,1-3H3. The Balaban J connectivity index is 2.55. The van der Waals surface area contributed by atoms with Crippen LogP contribution < -0.4 is 10.5 Å². The van der Waals surface area contributed by atoms with Gasteiger partial charge in [-0.3, -0.25) is 4.79 Å². The number of nitrogens with two attached hydrogens (primary N) is 1. The maximum absolute atomic E-state index is 12.5. The number of nitrogens with zero attached hydrogens (tertiary/aromatic N) is 1. The number of rotatable bonds is 8. The lowest BCUT2D eigenvalue weighted by atomic mass is 9.81. The predicted octanol–water partition coefficient (Wildman–Crippen LogP) is 2.94. The molecule has 0 saturated heterocycles. The van der Waals surface area contributed by atoms with E-state index in [1.54, 1.807) is 18.0 Å². The Hall–Kier alpha value is -1.26. The highest BCUT2D eigenvalue weighted by Gasteiger charge is 2.35. The first kappa shape index (κ1) is 17.8. The van der Waals surface area contributed by atoms with Crippen LogP contribution in [0.3, 0.4) is 0 Å². The van der Waals surface area contributed by atoms with Gasteiger partial charge in [0.25, 0.3) is 0 Å². The molecule has 0 aliphatic heterocycles. The molecule has 0 radical (unpaired) electrons. The highest BCUT2D eigenvalue weighted by atomic mass is 35.5. The van der Waals surface area contributed by atoms with Crippen molar-refractivity contribution in [2.75, 3.05) is 26.7 Å². The van der Waals surface area contributed by atoms with Crippen LogP contribution in [-0.2, 0) is 4.79 Å². The summed E-state index contributed by atoms with van der Waals surface area (Å²) in [4.78, 5) is 14.2. The van der Waals surface area contributed by atoms with E-state index in [9.17, 15) is 4.79 Å². The summed E-state index contributed by atoms with van der Waals surface area (Å²) in [6, 6.07) is 7.30. The zero-order chi connectivity index (χ0) is 15.9. The first-order valence-electron chi connectivity index (χ1n) is 7.33. The molecule has 2 N–H and O–H groups in total. The summed E-state index contributed by atoms with van der Waals surface area (Å²) in [5, 5.41) is 0.574. The monoisotopic (exact) mass is 312 g/mol. The Bertz CT molecular complexity index is 453. The van der Waals surface area contributed by atoms with Gasteiger partial charge < -0.3 is 15.4 Å². The number of hydrogen-bond donors (Lipinski definition) is 1. The number of halogens is 1. The summed E-state index contributed by atoms with van der Waals surface area (Å²) in [7, 11) is 1.79. The van der Waals surface area contributed by atoms with Crippen LogP contribution >= 0.6 is 11.6 Å². The van der Waals surface area contributed by atoms with Gasteiger partial charge >= 0.3 is 0 Å². The van der Waals surface area contributed by atoms with E-state index in [4.69, 9.17) is 22.1 Å². The molecule has 0 unspecified atom stereocenters.